The topological polar surface area (TPSA) is 120 Å². The van der Waals surface area contributed by atoms with Crippen molar-refractivity contribution in [2.24, 2.45) is 0 Å². The average molecular weight is 473 g/mol. The van der Waals surface area contributed by atoms with Gasteiger partial charge in [-0.25, -0.2) is 0 Å². The molecule has 2 N–H and O–H groups in total. The molecule has 0 radical (unpaired) electrons. The number of nitro groups is 1. The first-order chi connectivity index (χ1) is 15.6. The first kappa shape index (κ1) is 24.4. The molecule has 0 bridgehead atoms. The highest BCUT2D eigenvalue weighted by Crippen LogP contribution is 2.32. The minimum absolute atomic E-state index is 0.0308. The lowest BCUT2D eigenvalue weighted by atomic mass is 9.94. The summed E-state index contributed by atoms with van der Waals surface area (Å²) in [5.74, 6) is -0.0308. The predicted octanol–water partition coefficient (Wildman–Crippen LogP) is 3.18. The van der Waals surface area contributed by atoms with E-state index in [0.29, 0.717) is 27.1 Å². The van der Waals surface area contributed by atoms with Gasteiger partial charge in [-0.15, -0.1) is 0 Å². The van der Waals surface area contributed by atoms with E-state index in [1.165, 1.54) is 18.2 Å². The van der Waals surface area contributed by atoms with Crippen molar-refractivity contribution in [3.05, 3.63) is 68.9 Å². The molecule has 0 amide bonds. The molecule has 0 saturated heterocycles. The Labute approximate surface area is 195 Å². The van der Waals surface area contributed by atoms with E-state index < -0.39 is 16.6 Å². The maximum absolute atomic E-state index is 12.5. The summed E-state index contributed by atoms with van der Waals surface area (Å²) >= 11 is 6.07. The summed E-state index contributed by atoms with van der Waals surface area (Å²) < 4.78 is 0. The zero-order valence-corrected chi connectivity index (χ0v) is 19.2. The molecular weight excluding hydrogens is 448 g/mol. The van der Waals surface area contributed by atoms with Crippen LogP contribution in [0.15, 0.2) is 42.6 Å². The molecule has 0 spiro atoms. The van der Waals surface area contributed by atoms with Gasteiger partial charge in [0, 0.05) is 23.7 Å². The summed E-state index contributed by atoms with van der Waals surface area (Å²) in [6.07, 6.45) is 3.42. The molecule has 33 heavy (non-hydrogen) atoms. The fourth-order valence-corrected chi connectivity index (χ4v) is 4.45. The number of carbonyl (C=O) groups is 2. The van der Waals surface area contributed by atoms with Crippen molar-refractivity contribution in [2.75, 3.05) is 21.1 Å². The van der Waals surface area contributed by atoms with Crippen molar-refractivity contribution in [3.8, 4) is 5.75 Å². The molecule has 0 aliphatic heterocycles. The number of aromatic nitrogens is 1. The highest BCUT2D eigenvalue weighted by molar-refractivity contribution is 6.30. The predicted molar refractivity (Wildman–Crippen MR) is 126 cm³/mol. The fourth-order valence-electron chi connectivity index (χ4n) is 4.20. The maximum Gasteiger partial charge on any atom is 0.279 e. The first-order valence-corrected chi connectivity index (χ1v) is 10.5. The number of phenolic OH excluding ortho intramolecular Hbond substituents is 1. The molecule has 10 heteroatoms. The number of hydrogen-bond acceptors (Lipinski definition) is 7. The molecule has 0 fully saturated rings. The molecule has 1 aromatic heterocycles. The van der Waals surface area contributed by atoms with Gasteiger partial charge in [0.05, 0.1) is 21.9 Å². The molecule has 2 atom stereocenters. The van der Waals surface area contributed by atoms with Gasteiger partial charge in [-0.3, -0.25) is 24.7 Å². The number of aromatic hydroxyl groups is 1. The lowest BCUT2D eigenvalue weighted by Gasteiger charge is -2.45. The number of nitrogens with zero attached hydrogens (tertiary/aromatic N) is 3. The molecule has 0 aliphatic carbocycles. The number of aldehydes is 2. The Hall–Kier alpha value is -3.27. The summed E-state index contributed by atoms with van der Waals surface area (Å²) in [6.45, 7) is 0. The van der Waals surface area contributed by atoms with Crippen LogP contribution in [0.4, 0.5) is 5.69 Å². The number of benzene rings is 2. The maximum atomic E-state index is 12.5. The van der Waals surface area contributed by atoms with Crippen molar-refractivity contribution in [2.45, 2.75) is 24.5 Å². The largest absolute Gasteiger partial charge is 0.508 e. The quantitative estimate of drug-likeness (QED) is 0.201. The number of aromatic amines is 1. The number of phenols is 1. The Morgan fingerprint density at radius 1 is 1.24 bits per heavy atom. The normalized spacial score (nSPS) is 14.4. The highest BCUT2D eigenvalue weighted by Gasteiger charge is 2.41. The first-order valence-electron chi connectivity index (χ1n) is 10.2. The van der Waals surface area contributed by atoms with E-state index in [0.717, 1.165) is 12.6 Å². The van der Waals surface area contributed by atoms with Gasteiger partial charge in [0.2, 0.25) is 0 Å². The van der Waals surface area contributed by atoms with Gasteiger partial charge < -0.3 is 14.9 Å². The molecule has 174 valence electrons. The number of halogens is 1. The number of rotatable bonds is 10. The Balaban J connectivity index is 2.01. The number of hydrogen-bond donors (Lipinski definition) is 2. The summed E-state index contributed by atoms with van der Waals surface area (Å²) in [4.78, 5) is 42.1. The Kier molecular flexibility index (Phi) is 7.16. The van der Waals surface area contributed by atoms with Crippen LogP contribution in [0.1, 0.15) is 11.1 Å². The van der Waals surface area contributed by atoms with Gasteiger partial charge in [0.25, 0.3) is 5.69 Å². The van der Waals surface area contributed by atoms with Crippen molar-refractivity contribution >= 4 is 40.8 Å². The van der Waals surface area contributed by atoms with Crippen LogP contribution in [0, 0.1) is 10.1 Å². The summed E-state index contributed by atoms with van der Waals surface area (Å²) in [7, 11) is 5.09. The second kappa shape index (κ2) is 9.70. The minimum atomic E-state index is -1.25. The Morgan fingerprint density at radius 2 is 1.97 bits per heavy atom. The van der Waals surface area contributed by atoms with Crippen molar-refractivity contribution in [1.82, 2.24) is 14.8 Å². The van der Waals surface area contributed by atoms with Crippen LogP contribution in [0.25, 0.3) is 10.9 Å². The summed E-state index contributed by atoms with van der Waals surface area (Å²) in [5.41, 5.74) is 0.496. The zero-order valence-electron chi connectivity index (χ0n) is 18.5. The number of nitrogens with one attached hydrogen (secondary N) is 1. The van der Waals surface area contributed by atoms with Gasteiger partial charge in [0.1, 0.15) is 17.7 Å². The monoisotopic (exact) mass is 472 g/mol. The van der Waals surface area contributed by atoms with Gasteiger partial charge in [-0.2, -0.15) is 0 Å². The van der Waals surface area contributed by atoms with Crippen LogP contribution >= 0.6 is 11.6 Å². The lowest BCUT2D eigenvalue weighted by Crippen LogP contribution is -2.63. The summed E-state index contributed by atoms with van der Waals surface area (Å²) in [6, 6.07) is 8.52. The van der Waals surface area contributed by atoms with Crippen LogP contribution in [0.5, 0.6) is 5.75 Å². The van der Waals surface area contributed by atoms with E-state index in [-0.39, 0.29) is 24.3 Å². The minimum Gasteiger partial charge on any atom is -0.508 e. The van der Waals surface area contributed by atoms with Crippen molar-refractivity contribution < 1.29 is 19.6 Å². The lowest BCUT2D eigenvalue weighted by molar-refractivity contribution is -0.383. The molecule has 2 aromatic carbocycles. The molecule has 9 nitrogen and oxygen atoms in total. The van der Waals surface area contributed by atoms with Crippen LogP contribution in [0.3, 0.4) is 0 Å². The van der Waals surface area contributed by atoms with Gasteiger partial charge in [0.15, 0.2) is 6.29 Å². The zero-order chi connectivity index (χ0) is 24.3. The summed E-state index contributed by atoms with van der Waals surface area (Å²) in [5, 5.41) is 22.2. The van der Waals surface area contributed by atoms with Crippen LogP contribution in [-0.4, -0.2) is 70.2 Å². The van der Waals surface area contributed by atoms with E-state index in [1.54, 1.807) is 55.3 Å². The molecule has 0 saturated carbocycles. The van der Waals surface area contributed by atoms with Crippen LogP contribution < -0.4 is 0 Å². The van der Waals surface area contributed by atoms with E-state index in [4.69, 9.17) is 11.6 Å². The second-order valence-electron chi connectivity index (χ2n) is 8.17. The SMILES string of the molecule is CN(C)C(C=O)(Cc1cc(O)cc(Cl)c1)N(C)C(C=O)Cc1c[nH]c2cccc([N+](=O)[O-])c12. The molecule has 2 unspecified atom stereocenters. The van der Waals surface area contributed by atoms with Gasteiger partial charge in [-0.1, -0.05) is 17.7 Å². The third kappa shape index (κ3) is 4.75. The van der Waals surface area contributed by atoms with E-state index in [1.807, 2.05) is 0 Å². The Bertz CT molecular complexity index is 1170. The van der Waals surface area contributed by atoms with Crippen LogP contribution in [-0.2, 0) is 22.4 Å². The van der Waals surface area contributed by atoms with Gasteiger partial charge in [-0.05, 0) is 63.0 Å². The molecule has 0 aliphatic rings. The molecular formula is C23H25ClN4O5. The van der Waals surface area contributed by atoms with Gasteiger partial charge >= 0.3 is 0 Å². The van der Waals surface area contributed by atoms with E-state index in [9.17, 15) is 24.8 Å². The number of nitro benzene ring substituents is 1. The van der Waals surface area contributed by atoms with Crippen LogP contribution in [0.2, 0.25) is 5.02 Å². The van der Waals surface area contributed by atoms with E-state index >= 15 is 0 Å². The second-order valence-corrected chi connectivity index (χ2v) is 8.61. The van der Waals surface area contributed by atoms with Crippen molar-refractivity contribution in [1.29, 1.82) is 0 Å². The standard InChI is InChI=1S/C23H25ClN4O5/c1-26(2)23(14-30,11-15-7-17(24)10-19(31)8-15)27(3)18(13-29)9-16-12-25-20-5-4-6-21(22(16)20)28(32)33/h4-8,10,12-14,18,25,31H,9,11H2,1-3H3. The highest BCUT2D eigenvalue weighted by atomic mass is 35.5. The number of likely N-dealkylation sites (N-methyl/N-ethyl adjacent to an activating group) is 2. The van der Waals surface area contributed by atoms with Crippen molar-refractivity contribution in [3.63, 3.8) is 0 Å². The Morgan fingerprint density at radius 3 is 2.55 bits per heavy atom. The third-order valence-corrected chi connectivity index (χ3v) is 6.24. The smallest absolute Gasteiger partial charge is 0.279 e. The number of carbonyl (C=O) groups excluding carboxylic acids is 2. The third-order valence-electron chi connectivity index (χ3n) is 6.03. The average Bonchev–Trinajstić information content (AvgIpc) is 3.17. The number of non-ortho nitro benzene ring substituents is 1. The molecule has 3 aromatic rings. The van der Waals surface area contributed by atoms with E-state index in [2.05, 4.69) is 4.98 Å². The fraction of sp³-hybridized carbons (Fsp3) is 0.304. The molecule has 3 rings (SSSR count). The molecule has 1 heterocycles. The number of H-pyrrole nitrogens is 1. The number of fused-ring (bicyclic) bond motifs is 1.